The fraction of sp³-hybridized carbons (Fsp3) is 0.316. The van der Waals surface area contributed by atoms with Crippen molar-refractivity contribution in [1.82, 2.24) is 4.90 Å². The second-order valence-corrected chi connectivity index (χ2v) is 5.86. The number of rotatable bonds is 5. The molecule has 1 atom stereocenters. The van der Waals surface area contributed by atoms with E-state index in [1.165, 1.54) is 10.8 Å². The average Bonchev–Trinajstić information content (AvgIpc) is 2.60. The summed E-state index contributed by atoms with van der Waals surface area (Å²) in [6, 6.07) is 13.8. The van der Waals surface area contributed by atoms with Gasteiger partial charge in [0, 0.05) is 19.6 Å². The topological polar surface area (TPSA) is 55.6 Å². The zero-order chi connectivity index (χ0) is 16.1. The molecule has 1 fully saturated rings. The SMILES string of the molecule is NC(CN1CCOCC1)C(=O)C=Cc1ccc2ccccc2c1. The van der Waals surface area contributed by atoms with Gasteiger partial charge in [-0.05, 0) is 28.5 Å². The molecule has 0 amide bonds. The van der Waals surface area contributed by atoms with Crippen LogP contribution in [-0.4, -0.2) is 49.6 Å². The van der Waals surface area contributed by atoms with Gasteiger partial charge in [-0.15, -0.1) is 0 Å². The Labute approximate surface area is 136 Å². The van der Waals surface area contributed by atoms with Crippen LogP contribution < -0.4 is 5.73 Å². The van der Waals surface area contributed by atoms with E-state index in [-0.39, 0.29) is 5.78 Å². The second-order valence-electron chi connectivity index (χ2n) is 5.86. The van der Waals surface area contributed by atoms with Crippen molar-refractivity contribution in [2.75, 3.05) is 32.8 Å². The lowest BCUT2D eigenvalue weighted by Gasteiger charge is -2.28. The van der Waals surface area contributed by atoms with Gasteiger partial charge in [-0.3, -0.25) is 9.69 Å². The molecule has 1 unspecified atom stereocenters. The van der Waals surface area contributed by atoms with Gasteiger partial charge in [0.25, 0.3) is 0 Å². The third kappa shape index (κ3) is 4.26. The predicted octanol–water partition coefficient (Wildman–Crippen LogP) is 2.08. The van der Waals surface area contributed by atoms with Gasteiger partial charge in [0.1, 0.15) is 0 Å². The maximum absolute atomic E-state index is 12.2. The summed E-state index contributed by atoms with van der Waals surface area (Å²) in [7, 11) is 0. The van der Waals surface area contributed by atoms with E-state index in [2.05, 4.69) is 29.2 Å². The molecule has 0 saturated carbocycles. The number of ketones is 1. The molecule has 2 N–H and O–H groups in total. The number of hydrogen-bond acceptors (Lipinski definition) is 4. The molecule has 0 aromatic heterocycles. The molecule has 0 spiro atoms. The van der Waals surface area contributed by atoms with Crippen LogP contribution in [-0.2, 0) is 9.53 Å². The van der Waals surface area contributed by atoms with Gasteiger partial charge in [-0.2, -0.15) is 0 Å². The summed E-state index contributed by atoms with van der Waals surface area (Å²) in [5.74, 6) is -0.0374. The van der Waals surface area contributed by atoms with Crippen LogP contribution >= 0.6 is 0 Å². The maximum Gasteiger partial charge on any atom is 0.173 e. The molecule has 1 aliphatic heterocycles. The van der Waals surface area contributed by atoms with E-state index in [9.17, 15) is 4.79 Å². The number of nitrogens with zero attached hydrogens (tertiary/aromatic N) is 1. The average molecular weight is 310 g/mol. The number of benzene rings is 2. The Kier molecular flexibility index (Phi) is 5.18. The van der Waals surface area contributed by atoms with E-state index in [1.807, 2.05) is 24.3 Å². The molecule has 0 radical (unpaired) electrons. The Bertz CT molecular complexity index is 705. The highest BCUT2D eigenvalue weighted by atomic mass is 16.5. The van der Waals surface area contributed by atoms with E-state index < -0.39 is 6.04 Å². The van der Waals surface area contributed by atoms with Crippen molar-refractivity contribution in [3.8, 4) is 0 Å². The summed E-state index contributed by atoms with van der Waals surface area (Å²) in [4.78, 5) is 14.4. The summed E-state index contributed by atoms with van der Waals surface area (Å²) in [6.07, 6.45) is 3.43. The van der Waals surface area contributed by atoms with Gasteiger partial charge in [0.15, 0.2) is 5.78 Å². The first-order valence-corrected chi connectivity index (χ1v) is 7.99. The number of fused-ring (bicyclic) bond motifs is 1. The predicted molar refractivity (Wildman–Crippen MR) is 93.2 cm³/mol. The molecule has 1 heterocycles. The molecule has 1 aliphatic rings. The van der Waals surface area contributed by atoms with Gasteiger partial charge in [0.05, 0.1) is 19.3 Å². The summed E-state index contributed by atoms with van der Waals surface area (Å²) >= 11 is 0. The minimum Gasteiger partial charge on any atom is -0.379 e. The first kappa shape index (κ1) is 15.9. The molecule has 2 aromatic carbocycles. The minimum absolute atomic E-state index is 0.0374. The minimum atomic E-state index is -0.482. The molecular weight excluding hydrogens is 288 g/mol. The van der Waals surface area contributed by atoms with Gasteiger partial charge >= 0.3 is 0 Å². The lowest BCUT2D eigenvalue weighted by atomic mass is 10.1. The second kappa shape index (κ2) is 7.51. The van der Waals surface area contributed by atoms with Crippen molar-refractivity contribution < 1.29 is 9.53 Å². The largest absolute Gasteiger partial charge is 0.379 e. The fourth-order valence-corrected chi connectivity index (χ4v) is 2.77. The molecule has 0 aliphatic carbocycles. The normalized spacial score (nSPS) is 17.6. The third-order valence-electron chi connectivity index (χ3n) is 4.14. The van der Waals surface area contributed by atoms with E-state index in [0.29, 0.717) is 19.8 Å². The smallest absolute Gasteiger partial charge is 0.173 e. The Balaban J connectivity index is 1.61. The van der Waals surface area contributed by atoms with Crippen LogP contribution in [0.2, 0.25) is 0 Å². The molecule has 120 valence electrons. The molecule has 4 nitrogen and oxygen atoms in total. The van der Waals surface area contributed by atoms with Crippen molar-refractivity contribution in [1.29, 1.82) is 0 Å². The molecule has 23 heavy (non-hydrogen) atoms. The summed E-state index contributed by atoms with van der Waals surface area (Å²) in [5.41, 5.74) is 7.03. The van der Waals surface area contributed by atoms with E-state index in [0.717, 1.165) is 18.7 Å². The molecule has 0 bridgehead atoms. The van der Waals surface area contributed by atoms with Crippen molar-refractivity contribution in [2.45, 2.75) is 6.04 Å². The van der Waals surface area contributed by atoms with Gasteiger partial charge in [-0.1, -0.05) is 42.5 Å². The number of nitrogens with two attached hydrogens (primary N) is 1. The number of hydrogen-bond donors (Lipinski definition) is 1. The van der Waals surface area contributed by atoms with Crippen LogP contribution in [0.5, 0.6) is 0 Å². The Morgan fingerprint density at radius 2 is 1.91 bits per heavy atom. The number of morpholine rings is 1. The standard InChI is InChI=1S/C19H22N2O2/c20-18(14-21-9-11-23-12-10-21)19(22)8-6-15-5-7-16-3-1-2-4-17(16)13-15/h1-8,13,18H,9-12,14,20H2. The van der Waals surface area contributed by atoms with Crippen LogP contribution in [0.3, 0.4) is 0 Å². The first-order chi connectivity index (χ1) is 11.2. The number of ether oxygens (including phenoxy) is 1. The molecule has 3 rings (SSSR count). The lowest BCUT2D eigenvalue weighted by molar-refractivity contribution is -0.116. The first-order valence-electron chi connectivity index (χ1n) is 7.99. The monoisotopic (exact) mass is 310 g/mol. The third-order valence-corrected chi connectivity index (χ3v) is 4.14. The molecule has 4 heteroatoms. The maximum atomic E-state index is 12.2. The van der Waals surface area contributed by atoms with Crippen LogP contribution in [0.25, 0.3) is 16.8 Å². The van der Waals surface area contributed by atoms with E-state index in [4.69, 9.17) is 10.5 Å². The number of carbonyl (C=O) groups is 1. The van der Waals surface area contributed by atoms with Crippen molar-refractivity contribution in [3.05, 3.63) is 54.1 Å². The van der Waals surface area contributed by atoms with E-state index in [1.54, 1.807) is 6.08 Å². The molecule has 1 saturated heterocycles. The Morgan fingerprint density at radius 3 is 2.70 bits per heavy atom. The van der Waals surface area contributed by atoms with Crippen LogP contribution in [0.1, 0.15) is 5.56 Å². The van der Waals surface area contributed by atoms with Gasteiger partial charge < -0.3 is 10.5 Å². The summed E-state index contributed by atoms with van der Waals surface area (Å²) < 4.78 is 5.30. The summed E-state index contributed by atoms with van der Waals surface area (Å²) in [6.45, 7) is 3.71. The molecular formula is C19H22N2O2. The Hall–Kier alpha value is -2.01. The molecule has 2 aromatic rings. The number of carbonyl (C=O) groups excluding carboxylic acids is 1. The van der Waals surface area contributed by atoms with Crippen LogP contribution in [0.4, 0.5) is 0 Å². The zero-order valence-corrected chi connectivity index (χ0v) is 13.2. The lowest BCUT2D eigenvalue weighted by Crippen LogP contribution is -2.46. The quantitative estimate of drug-likeness (QED) is 0.859. The highest BCUT2D eigenvalue weighted by Gasteiger charge is 2.17. The van der Waals surface area contributed by atoms with Crippen molar-refractivity contribution in [3.63, 3.8) is 0 Å². The Morgan fingerprint density at radius 1 is 1.17 bits per heavy atom. The van der Waals surface area contributed by atoms with Crippen LogP contribution in [0, 0.1) is 0 Å². The van der Waals surface area contributed by atoms with Crippen molar-refractivity contribution in [2.24, 2.45) is 5.73 Å². The highest BCUT2D eigenvalue weighted by molar-refractivity contribution is 5.98. The highest BCUT2D eigenvalue weighted by Crippen LogP contribution is 2.16. The van der Waals surface area contributed by atoms with Gasteiger partial charge in [-0.25, -0.2) is 0 Å². The summed E-state index contributed by atoms with van der Waals surface area (Å²) in [5, 5.41) is 2.36. The zero-order valence-electron chi connectivity index (χ0n) is 13.2. The van der Waals surface area contributed by atoms with E-state index >= 15 is 0 Å². The van der Waals surface area contributed by atoms with Crippen LogP contribution in [0.15, 0.2) is 48.5 Å². The fourth-order valence-electron chi connectivity index (χ4n) is 2.77. The van der Waals surface area contributed by atoms with Gasteiger partial charge in [0.2, 0.25) is 0 Å². The van der Waals surface area contributed by atoms with Crippen molar-refractivity contribution >= 4 is 22.6 Å².